The normalized spacial score (nSPS) is 20.3. The highest BCUT2D eigenvalue weighted by molar-refractivity contribution is 6.05. The second-order valence-electron chi connectivity index (χ2n) is 17.0. The molecule has 3 fully saturated rings. The predicted molar refractivity (Wildman–Crippen MR) is 235 cm³/mol. The summed E-state index contributed by atoms with van der Waals surface area (Å²) < 4.78 is 38.4. The van der Waals surface area contributed by atoms with E-state index in [-0.39, 0.29) is 17.7 Å². The van der Waals surface area contributed by atoms with Crippen molar-refractivity contribution in [3.05, 3.63) is 83.2 Å². The van der Waals surface area contributed by atoms with Gasteiger partial charge in [-0.15, -0.1) is 0 Å². The minimum absolute atomic E-state index is 0.177. The fraction of sp³-hybridized carbons (Fsp3) is 0.522. The molecule has 4 aromatic rings. The van der Waals surface area contributed by atoms with E-state index in [2.05, 4.69) is 47.8 Å². The summed E-state index contributed by atoms with van der Waals surface area (Å²) in [5, 5.41) is 27.9. The number of nitrogens with one attached hydrogen (secondary N) is 3. The van der Waals surface area contributed by atoms with Crippen LogP contribution in [-0.2, 0) is 19.9 Å². The number of alkyl halides is 1. The summed E-state index contributed by atoms with van der Waals surface area (Å²) in [6.07, 6.45) is 13.6. The van der Waals surface area contributed by atoms with Crippen LogP contribution in [-0.4, -0.2) is 113 Å². The van der Waals surface area contributed by atoms with Crippen molar-refractivity contribution in [1.29, 1.82) is 5.26 Å². The molecule has 14 nitrogen and oxygen atoms in total. The van der Waals surface area contributed by atoms with Gasteiger partial charge in [0.15, 0.2) is 0 Å². The van der Waals surface area contributed by atoms with Gasteiger partial charge in [-0.1, -0.05) is 26.2 Å². The number of halogens is 2. The first-order chi connectivity index (χ1) is 29.9. The molecule has 62 heavy (non-hydrogen) atoms. The number of methoxy groups -OCH3 is 1. The summed E-state index contributed by atoms with van der Waals surface area (Å²) in [6, 6.07) is 12.2. The number of aldehydes is 1. The summed E-state index contributed by atoms with van der Waals surface area (Å²) in [5.74, 6) is -1.60. The molecule has 2 saturated heterocycles. The highest BCUT2D eigenvalue weighted by atomic mass is 19.1. The predicted octanol–water partition coefficient (Wildman–Crippen LogP) is 6.45. The minimum atomic E-state index is -1.31. The monoisotopic (exact) mass is 854 g/mol. The van der Waals surface area contributed by atoms with Crippen LogP contribution in [0, 0.1) is 23.2 Å². The molecular weight excluding hydrogens is 795 g/mol. The van der Waals surface area contributed by atoms with Gasteiger partial charge in [0, 0.05) is 100 Å². The summed E-state index contributed by atoms with van der Waals surface area (Å²) in [7, 11) is 3.22. The quantitative estimate of drug-likeness (QED) is 0.135. The number of hydrogen-bond acceptors (Lipinski definition) is 10. The van der Waals surface area contributed by atoms with Crippen LogP contribution in [0.4, 0.5) is 14.5 Å². The second-order valence-corrected chi connectivity index (χ2v) is 17.0. The number of rotatable bonds is 12. The summed E-state index contributed by atoms with van der Waals surface area (Å²) in [5.41, 5.74) is 3.98. The number of anilines is 1. The molecule has 2 aliphatic carbocycles. The number of likely N-dealkylation sites (tertiary alicyclic amines) is 1. The van der Waals surface area contributed by atoms with E-state index in [1.54, 1.807) is 38.4 Å². The van der Waals surface area contributed by atoms with Crippen LogP contribution < -0.4 is 16.0 Å². The summed E-state index contributed by atoms with van der Waals surface area (Å²) in [6.45, 7) is 11.6. The van der Waals surface area contributed by atoms with Gasteiger partial charge in [0.25, 0.3) is 5.91 Å². The number of aromatic nitrogens is 4. The molecular formula is C46H60F2N10O4. The van der Waals surface area contributed by atoms with E-state index in [1.807, 2.05) is 32.9 Å². The van der Waals surface area contributed by atoms with Gasteiger partial charge >= 0.3 is 0 Å². The second kappa shape index (κ2) is 21.0. The Bertz CT molecular complexity index is 2280. The number of carbonyl (C=O) groups excluding carboxylic acids is 3. The molecule has 1 saturated carbocycles. The zero-order valence-corrected chi connectivity index (χ0v) is 36.4. The van der Waals surface area contributed by atoms with Gasteiger partial charge in [-0.3, -0.25) is 19.2 Å². The number of amides is 2. The average Bonchev–Trinajstić information content (AvgIpc) is 3.90. The first kappa shape index (κ1) is 46.0. The molecule has 3 aromatic heterocycles. The number of hydrogen-bond donors (Lipinski definition) is 3. The Labute approximate surface area is 362 Å². The highest BCUT2D eigenvalue weighted by Crippen LogP contribution is 2.38. The molecule has 2 aliphatic heterocycles. The standard InChI is InChI=1S/C26H28N6O2.C18H27F2N3O.C2H5NO/c1-26(2,34-3)21-13-22-18(16-31(30-22)19-7-5-4-6-8-19)12-23(21)29-25(33)24-10-9-20-11-17(14-27)15-28-32(20)24;1-13(3-2-8-24)18-16(19)9-14(10-17(18)20)23-11-15(12-23)22-6-4-21-5-7-22;1-3-2-4/h9-13,15-16,19H,4-8H2,1-3H3,(H,29,33);8-10,13,15-16,18,21H,2-7,11-12H2,1H3;2H,1H3,(H,3,4). The van der Waals surface area contributed by atoms with Gasteiger partial charge in [-0.2, -0.15) is 15.5 Å². The van der Waals surface area contributed by atoms with Crippen molar-refractivity contribution in [3.63, 3.8) is 0 Å². The molecule has 3 N–H and O–H groups in total. The molecule has 16 heteroatoms. The van der Waals surface area contributed by atoms with E-state index in [4.69, 9.17) is 19.9 Å². The lowest BCUT2D eigenvalue weighted by atomic mass is 9.82. The Morgan fingerprint density at radius 2 is 1.84 bits per heavy atom. The Balaban J connectivity index is 0.000000200. The van der Waals surface area contributed by atoms with Crippen LogP contribution >= 0.6 is 0 Å². The zero-order valence-electron chi connectivity index (χ0n) is 36.4. The maximum atomic E-state index is 14.5. The number of fused-ring (bicyclic) bond motifs is 2. The Hall–Kier alpha value is -5.50. The first-order valence-corrected chi connectivity index (χ1v) is 21.7. The molecule has 5 heterocycles. The van der Waals surface area contributed by atoms with Crippen molar-refractivity contribution < 1.29 is 27.9 Å². The number of allylic oxidation sites excluding steroid dienone is 3. The number of benzene rings is 1. The van der Waals surface area contributed by atoms with Crippen LogP contribution in [0.3, 0.4) is 0 Å². The lowest BCUT2D eigenvalue weighted by Crippen LogP contribution is -2.62. The SMILES string of the molecule is CC(CCC=O)C1C(F)=CC(N2CC(N3CCNCC3)C2)=CC1F.CNC=O.COC(C)(C)c1cc2nn(C3CCCCC3)cc2cc1NC(=O)c1ccc2cc(C#N)cnn12. The highest BCUT2D eigenvalue weighted by Gasteiger charge is 2.38. The van der Waals surface area contributed by atoms with E-state index in [1.165, 1.54) is 36.1 Å². The average molecular weight is 855 g/mol. The number of piperazine rings is 1. The number of carbonyl (C=O) groups is 3. The Morgan fingerprint density at radius 1 is 1.11 bits per heavy atom. The first-order valence-electron chi connectivity index (χ1n) is 21.7. The molecule has 1 aromatic carbocycles. The van der Waals surface area contributed by atoms with Gasteiger partial charge in [-0.25, -0.2) is 13.3 Å². The lowest BCUT2D eigenvalue weighted by molar-refractivity contribution is -0.109. The van der Waals surface area contributed by atoms with E-state index in [0.29, 0.717) is 59.5 Å². The molecule has 4 aliphatic rings. The maximum Gasteiger partial charge on any atom is 0.274 e. The van der Waals surface area contributed by atoms with E-state index < -0.39 is 17.7 Å². The summed E-state index contributed by atoms with van der Waals surface area (Å²) in [4.78, 5) is 37.4. The number of ether oxygens (including phenoxy) is 1. The van der Waals surface area contributed by atoms with E-state index in [0.717, 1.165) is 74.9 Å². The van der Waals surface area contributed by atoms with Crippen molar-refractivity contribution in [2.45, 2.75) is 89.6 Å². The molecule has 0 spiro atoms. The molecule has 3 atom stereocenters. The van der Waals surface area contributed by atoms with Crippen molar-refractivity contribution >= 4 is 40.7 Å². The molecule has 332 valence electrons. The molecule has 3 unspecified atom stereocenters. The maximum absolute atomic E-state index is 14.5. The Kier molecular flexibility index (Phi) is 15.6. The smallest absolute Gasteiger partial charge is 0.274 e. The molecule has 0 radical (unpaired) electrons. The van der Waals surface area contributed by atoms with E-state index in [9.17, 15) is 18.4 Å². The third-order valence-corrected chi connectivity index (χ3v) is 12.5. The minimum Gasteiger partial charge on any atom is -0.374 e. The fourth-order valence-corrected chi connectivity index (χ4v) is 8.70. The van der Waals surface area contributed by atoms with Crippen molar-refractivity contribution in [2.75, 3.05) is 58.7 Å². The molecule has 2 amide bonds. The van der Waals surface area contributed by atoms with Gasteiger partial charge < -0.3 is 30.4 Å². The molecule has 8 rings (SSSR count). The lowest BCUT2D eigenvalue weighted by Gasteiger charge is -2.49. The Morgan fingerprint density at radius 3 is 2.48 bits per heavy atom. The van der Waals surface area contributed by atoms with Crippen LogP contribution in [0.2, 0.25) is 0 Å². The largest absolute Gasteiger partial charge is 0.374 e. The van der Waals surface area contributed by atoms with Crippen LogP contribution in [0.15, 0.2) is 66.4 Å². The number of nitriles is 1. The van der Waals surface area contributed by atoms with Crippen LogP contribution in [0.5, 0.6) is 0 Å². The third-order valence-electron chi connectivity index (χ3n) is 12.5. The van der Waals surface area contributed by atoms with Crippen LogP contribution in [0.1, 0.15) is 93.4 Å². The van der Waals surface area contributed by atoms with Gasteiger partial charge in [-0.05, 0) is 81.5 Å². The van der Waals surface area contributed by atoms with Gasteiger partial charge in [0.05, 0.1) is 34.4 Å². The topological polar surface area (TPSA) is 162 Å². The summed E-state index contributed by atoms with van der Waals surface area (Å²) >= 11 is 0. The molecule has 0 bridgehead atoms. The fourth-order valence-electron chi connectivity index (χ4n) is 8.70. The zero-order chi connectivity index (χ0) is 44.4. The van der Waals surface area contributed by atoms with Gasteiger partial charge in [0.1, 0.15) is 30.0 Å². The van der Waals surface area contributed by atoms with Gasteiger partial charge in [0.2, 0.25) is 6.41 Å². The van der Waals surface area contributed by atoms with Crippen molar-refractivity contribution in [1.82, 2.24) is 39.8 Å². The third kappa shape index (κ3) is 10.7. The number of nitrogens with zero attached hydrogens (tertiary/aromatic N) is 7. The van der Waals surface area contributed by atoms with Crippen molar-refractivity contribution in [3.8, 4) is 6.07 Å². The van der Waals surface area contributed by atoms with Crippen LogP contribution in [0.25, 0.3) is 16.4 Å². The van der Waals surface area contributed by atoms with E-state index >= 15 is 0 Å². The van der Waals surface area contributed by atoms with Crippen molar-refractivity contribution in [2.24, 2.45) is 11.8 Å².